The first-order valence-electron chi connectivity index (χ1n) is 8.14. The smallest absolute Gasteiger partial charge is 0.319 e. The van der Waals surface area contributed by atoms with E-state index < -0.39 is 27.1 Å². The number of pyridine rings is 1. The van der Waals surface area contributed by atoms with Crippen LogP contribution in [0, 0.1) is 20.2 Å². The molecule has 3 N–H and O–H groups in total. The SMILES string of the molecule is O=C(NNc1ncnc(Nc2ccc(Br)cn2)c1[N+](=O)[O-])c1ccc(Cl)c([N+](=O)[O-])c1. The van der Waals surface area contributed by atoms with Crippen molar-refractivity contribution in [2.24, 2.45) is 0 Å². The van der Waals surface area contributed by atoms with Crippen LogP contribution in [-0.2, 0) is 0 Å². The van der Waals surface area contributed by atoms with Gasteiger partial charge in [0.05, 0.1) is 9.85 Å². The quantitative estimate of drug-likeness (QED) is 0.315. The number of benzene rings is 1. The molecular formula is C16H10BrClN8O5. The molecule has 0 saturated heterocycles. The number of nitro groups is 2. The van der Waals surface area contributed by atoms with Crippen molar-refractivity contribution in [2.75, 3.05) is 10.7 Å². The van der Waals surface area contributed by atoms with E-state index in [9.17, 15) is 25.0 Å². The van der Waals surface area contributed by atoms with Gasteiger partial charge in [0.25, 0.3) is 11.6 Å². The number of halogens is 2. The third-order valence-corrected chi connectivity index (χ3v) is 4.47. The Bertz CT molecular complexity index is 1180. The van der Waals surface area contributed by atoms with Gasteiger partial charge < -0.3 is 5.32 Å². The molecule has 1 amide bonds. The Morgan fingerprint density at radius 2 is 1.77 bits per heavy atom. The van der Waals surface area contributed by atoms with Gasteiger partial charge in [0.2, 0.25) is 11.6 Å². The van der Waals surface area contributed by atoms with Crippen LogP contribution in [0.1, 0.15) is 10.4 Å². The molecule has 13 nitrogen and oxygen atoms in total. The molecule has 31 heavy (non-hydrogen) atoms. The van der Waals surface area contributed by atoms with Crippen molar-refractivity contribution in [1.82, 2.24) is 20.4 Å². The molecule has 3 rings (SSSR count). The zero-order valence-electron chi connectivity index (χ0n) is 15.1. The van der Waals surface area contributed by atoms with Gasteiger partial charge in [-0.25, -0.2) is 15.0 Å². The van der Waals surface area contributed by atoms with Crippen LogP contribution in [0.5, 0.6) is 0 Å². The summed E-state index contributed by atoms with van der Waals surface area (Å²) in [5.74, 6) is -1.02. The summed E-state index contributed by atoms with van der Waals surface area (Å²) in [6, 6.07) is 6.66. The number of nitrogens with one attached hydrogen (secondary N) is 3. The summed E-state index contributed by atoms with van der Waals surface area (Å²) in [6.45, 7) is 0. The number of nitrogens with zero attached hydrogens (tertiary/aromatic N) is 5. The number of carbonyl (C=O) groups is 1. The van der Waals surface area contributed by atoms with Gasteiger partial charge in [-0.1, -0.05) is 11.6 Å². The van der Waals surface area contributed by atoms with Crippen molar-refractivity contribution < 1.29 is 14.6 Å². The Balaban J connectivity index is 1.82. The number of hydrogen-bond acceptors (Lipinski definition) is 10. The summed E-state index contributed by atoms with van der Waals surface area (Å²) in [5.41, 5.74) is 3.40. The molecule has 0 unspecified atom stereocenters. The Labute approximate surface area is 186 Å². The zero-order chi connectivity index (χ0) is 22.5. The van der Waals surface area contributed by atoms with Gasteiger partial charge in [0.1, 0.15) is 17.2 Å². The fourth-order valence-electron chi connectivity index (χ4n) is 2.29. The number of hydrogen-bond donors (Lipinski definition) is 3. The first kappa shape index (κ1) is 21.8. The minimum absolute atomic E-state index is 0.0993. The van der Waals surface area contributed by atoms with Crippen molar-refractivity contribution in [3.05, 3.63) is 78.1 Å². The second-order valence-corrected chi connectivity index (χ2v) is 6.99. The summed E-state index contributed by atoms with van der Waals surface area (Å²) in [7, 11) is 0. The highest BCUT2D eigenvalue weighted by atomic mass is 79.9. The fourth-order valence-corrected chi connectivity index (χ4v) is 2.71. The van der Waals surface area contributed by atoms with Crippen LogP contribution in [0.3, 0.4) is 0 Å². The summed E-state index contributed by atoms with van der Waals surface area (Å²) >= 11 is 8.95. The normalized spacial score (nSPS) is 10.3. The van der Waals surface area contributed by atoms with Crippen LogP contribution in [0.25, 0.3) is 0 Å². The highest BCUT2D eigenvalue weighted by Gasteiger charge is 2.24. The second-order valence-electron chi connectivity index (χ2n) is 5.67. The molecule has 0 atom stereocenters. The van der Waals surface area contributed by atoms with E-state index in [-0.39, 0.29) is 28.0 Å². The standard InChI is InChI=1S/C16H10BrClN8O5/c17-9-2-4-12(19-6-9)22-14-13(26(30)31)15(21-7-20-14)23-24-16(27)8-1-3-10(18)11(5-8)25(28)29/h1-7H,(H,24,27)(H2,19,20,21,22,23). The average Bonchev–Trinajstić information content (AvgIpc) is 2.73. The van der Waals surface area contributed by atoms with Crippen LogP contribution >= 0.6 is 27.5 Å². The van der Waals surface area contributed by atoms with E-state index in [2.05, 4.69) is 47.1 Å². The van der Waals surface area contributed by atoms with E-state index in [0.717, 1.165) is 12.4 Å². The van der Waals surface area contributed by atoms with Crippen LogP contribution in [0.4, 0.5) is 28.8 Å². The highest BCUT2D eigenvalue weighted by molar-refractivity contribution is 9.10. The summed E-state index contributed by atoms with van der Waals surface area (Å²) < 4.78 is 0.711. The Kier molecular flexibility index (Phi) is 6.52. The molecule has 2 aromatic heterocycles. The largest absolute Gasteiger partial charge is 0.355 e. The lowest BCUT2D eigenvalue weighted by atomic mass is 10.2. The Morgan fingerprint density at radius 3 is 2.42 bits per heavy atom. The average molecular weight is 510 g/mol. The van der Waals surface area contributed by atoms with Gasteiger partial charge >= 0.3 is 5.69 Å². The Hall–Kier alpha value is -3.91. The van der Waals surface area contributed by atoms with E-state index in [1.54, 1.807) is 12.1 Å². The molecule has 0 bridgehead atoms. The number of anilines is 3. The monoisotopic (exact) mass is 508 g/mol. The summed E-state index contributed by atoms with van der Waals surface area (Å²) in [6.07, 6.45) is 2.52. The summed E-state index contributed by atoms with van der Waals surface area (Å²) in [4.78, 5) is 45.0. The molecule has 0 saturated carbocycles. The zero-order valence-corrected chi connectivity index (χ0v) is 17.4. The van der Waals surface area contributed by atoms with Crippen LogP contribution in [-0.4, -0.2) is 30.7 Å². The maximum absolute atomic E-state index is 12.3. The first-order valence-corrected chi connectivity index (χ1v) is 9.31. The molecular weight excluding hydrogens is 500 g/mol. The molecule has 1 aromatic carbocycles. The lowest BCUT2D eigenvalue weighted by molar-refractivity contribution is -0.384. The van der Waals surface area contributed by atoms with Gasteiger partial charge in [0.15, 0.2) is 0 Å². The molecule has 0 aliphatic carbocycles. The third-order valence-electron chi connectivity index (χ3n) is 3.68. The molecule has 0 radical (unpaired) electrons. The predicted molar refractivity (Wildman–Crippen MR) is 113 cm³/mol. The number of hydrazine groups is 1. The number of carbonyl (C=O) groups excluding carboxylic acids is 1. The lowest BCUT2D eigenvalue weighted by Crippen LogP contribution is -2.30. The predicted octanol–water partition coefficient (Wildman–Crippen LogP) is 3.60. The van der Waals surface area contributed by atoms with E-state index in [0.29, 0.717) is 4.47 Å². The van der Waals surface area contributed by atoms with Gasteiger partial charge in [0, 0.05) is 22.3 Å². The first-order chi connectivity index (χ1) is 14.8. The van der Waals surface area contributed by atoms with Gasteiger partial charge in [-0.05, 0) is 40.2 Å². The van der Waals surface area contributed by atoms with E-state index in [1.165, 1.54) is 18.3 Å². The number of nitro benzene ring substituents is 1. The number of rotatable bonds is 7. The van der Waals surface area contributed by atoms with Crippen molar-refractivity contribution in [2.45, 2.75) is 0 Å². The van der Waals surface area contributed by atoms with Crippen LogP contribution in [0.2, 0.25) is 5.02 Å². The van der Waals surface area contributed by atoms with Gasteiger partial charge in [-0.2, -0.15) is 0 Å². The second kappa shape index (κ2) is 9.27. The maximum Gasteiger partial charge on any atom is 0.355 e. The minimum Gasteiger partial charge on any atom is -0.319 e. The van der Waals surface area contributed by atoms with Gasteiger partial charge in [-0.3, -0.25) is 35.9 Å². The van der Waals surface area contributed by atoms with Gasteiger partial charge in [-0.15, -0.1) is 0 Å². The van der Waals surface area contributed by atoms with Crippen LogP contribution < -0.4 is 16.2 Å². The highest BCUT2D eigenvalue weighted by Crippen LogP contribution is 2.30. The summed E-state index contributed by atoms with van der Waals surface area (Å²) in [5, 5.41) is 25.1. The number of aromatic nitrogens is 3. The topological polar surface area (TPSA) is 178 Å². The Morgan fingerprint density at radius 1 is 1.03 bits per heavy atom. The molecule has 3 aromatic rings. The van der Waals surface area contributed by atoms with E-state index in [1.807, 2.05) is 0 Å². The molecule has 0 fully saturated rings. The molecule has 158 valence electrons. The minimum atomic E-state index is -0.809. The van der Waals surface area contributed by atoms with Crippen molar-refractivity contribution in [3.8, 4) is 0 Å². The van der Waals surface area contributed by atoms with Crippen molar-refractivity contribution in [3.63, 3.8) is 0 Å². The van der Waals surface area contributed by atoms with Crippen LogP contribution in [0.15, 0.2) is 47.3 Å². The third kappa shape index (κ3) is 5.18. The fraction of sp³-hybridized carbons (Fsp3) is 0. The number of amides is 1. The van der Waals surface area contributed by atoms with Crippen molar-refractivity contribution in [1.29, 1.82) is 0 Å². The maximum atomic E-state index is 12.3. The molecule has 15 heteroatoms. The molecule has 2 heterocycles. The van der Waals surface area contributed by atoms with E-state index >= 15 is 0 Å². The molecule has 0 aliphatic rings. The molecule has 0 spiro atoms. The lowest BCUT2D eigenvalue weighted by Gasteiger charge is -2.11. The van der Waals surface area contributed by atoms with E-state index in [4.69, 9.17) is 11.6 Å². The van der Waals surface area contributed by atoms with Crippen molar-refractivity contribution >= 4 is 62.3 Å². The molecule has 0 aliphatic heterocycles.